The number of hydrogen-bond donors (Lipinski definition) is 2. The van der Waals surface area contributed by atoms with E-state index in [-0.39, 0.29) is 11.9 Å². The molecule has 0 aromatic heterocycles. The topological polar surface area (TPSA) is 44.4 Å². The van der Waals surface area contributed by atoms with Gasteiger partial charge in [0.15, 0.2) is 0 Å². The summed E-state index contributed by atoms with van der Waals surface area (Å²) in [5, 5.41) is 6.02. The van der Waals surface area contributed by atoms with Crippen LogP contribution in [0.5, 0.6) is 0 Å². The molecule has 1 aliphatic heterocycles. The lowest BCUT2D eigenvalue weighted by atomic mass is 10.1. The quantitative estimate of drug-likeness (QED) is 0.653. The zero-order chi connectivity index (χ0) is 11.8. The van der Waals surface area contributed by atoms with Crippen molar-refractivity contribution >= 4 is 5.91 Å². The van der Waals surface area contributed by atoms with E-state index in [1.165, 1.54) is 25.7 Å². The van der Waals surface area contributed by atoms with Crippen molar-refractivity contribution in [3.63, 3.8) is 0 Å². The molecule has 1 saturated heterocycles. The zero-order valence-electron chi connectivity index (χ0n) is 10.6. The number of unbranched alkanes of at least 4 members (excludes halogenated alkanes) is 3. The van der Waals surface area contributed by atoms with Crippen LogP contribution in [-0.2, 0) is 4.79 Å². The van der Waals surface area contributed by atoms with Gasteiger partial charge < -0.3 is 10.6 Å². The van der Waals surface area contributed by atoms with Gasteiger partial charge in [0.05, 0.1) is 0 Å². The lowest BCUT2D eigenvalue weighted by molar-refractivity contribution is -0.126. The number of rotatable bonds is 6. The van der Waals surface area contributed by atoms with Crippen LogP contribution >= 0.6 is 0 Å². The van der Waals surface area contributed by atoms with Gasteiger partial charge in [0.1, 0.15) is 6.04 Å². The van der Waals surface area contributed by atoms with E-state index in [2.05, 4.69) is 22.5 Å². The number of piperazine rings is 1. The fourth-order valence-electron chi connectivity index (χ4n) is 2.18. The highest BCUT2D eigenvalue weighted by Gasteiger charge is 2.26. The number of nitrogens with zero attached hydrogens (tertiary/aromatic N) is 1. The molecule has 0 aromatic carbocycles. The summed E-state index contributed by atoms with van der Waals surface area (Å²) in [7, 11) is 1.71. The van der Waals surface area contributed by atoms with Crippen molar-refractivity contribution in [2.24, 2.45) is 0 Å². The minimum Gasteiger partial charge on any atom is -0.358 e. The van der Waals surface area contributed by atoms with Gasteiger partial charge >= 0.3 is 0 Å². The summed E-state index contributed by atoms with van der Waals surface area (Å²) in [6.07, 6.45) is 5.05. The molecule has 16 heavy (non-hydrogen) atoms. The third-order valence-electron chi connectivity index (χ3n) is 3.20. The maximum absolute atomic E-state index is 11.7. The summed E-state index contributed by atoms with van der Waals surface area (Å²) in [5.41, 5.74) is 0. The first-order valence-corrected chi connectivity index (χ1v) is 6.46. The summed E-state index contributed by atoms with van der Waals surface area (Å²) in [4.78, 5) is 14.0. The largest absolute Gasteiger partial charge is 0.358 e. The molecule has 1 atom stereocenters. The first-order chi connectivity index (χ1) is 7.79. The van der Waals surface area contributed by atoms with E-state index in [0.717, 1.165) is 26.2 Å². The van der Waals surface area contributed by atoms with Crippen LogP contribution in [0.3, 0.4) is 0 Å². The molecule has 2 N–H and O–H groups in total. The van der Waals surface area contributed by atoms with E-state index in [1.54, 1.807) is 7.05 Å². The average Bonchev–Trinajstić information content (AvgIpc) is 2.34. The third-order valence-corrected chi connectivity index (χ3v) is 3.20. The molecule has 4 nitrogen and oxygen atoms in total. The van der Waals surface area contributed by atoms with Gasteiger partial charge in [-0.3, -0.25) is 9.69 Å². The molecule has 1 rings (SSSR count). The standard InChI is InChI=1S/C12H25N3O/c1-3-4-5-6-8-15-9-7-14-10-11(15)12(16)13-2/h11,14H,3-10H2,1-2H3,(H,13,16). The summed E-state index contributed by atoms with van der Waals surface area (Å²) < 4.78 is 0. The molecule has 0 saturated carbocycles. The van der Waals surface area contributed by atoms with Crippen LogP contribution in [-0.4, -0.2) is 50.1 Å². The molecule has 1 aliphatic rings. The van der Waals surface area contributed by atoms with E-state index in [9.17, 15) is 4.79 Å². The number of likely N-dealkylation sites (N-methyl/N-ethyl adjacent to an activating group) is 1. The van der Waals surface area contributed by atoms with E-state index in [1.807, 2.05) is 0 Å². The van der Waals surface area contributed by atoms with Crippen LogP contribution in [0, 0.1) is 0 Å². The van der Waals surface area contributed by atoms with Crippen LogP contribution in [0.2, 0.25) is 0 Å². The lowest BCUT2D eigenvalue weighted by Crippen LogP contribution is -2.57. The number of amides is 1. The molecule has 94 valence electrons. The van der Waals surface area contributed by atoms with Gasteiger partial charge in [0, 0.05) is 26.7 Å². The van der Waals surface area contributed by atoms with Crippen LogP contribution in [0.1, 0.15) is 32.6 Å². The Kier molecular flexibility index (Phi) is 6.42. The molecule has 1 unspecified atom stereocenters. The Hall–Kier alpha value is -0.610. The normalized spacial score (nSPS) is 22.0. The molecular formula is C12H25N3O. The Labute approximate surface area is 98.8 Å². The molecule has 1 heterocycles. The number of carbonyl (C=O) groups excluding carboxylic acids is 1. The van der Waals surface area contributed by atoms with Crippen molar-refractivity contribution < 1.29 is 4.79 Å². The highest BCUT2D eigenvalue weighted by Crippen LogP contribution is 2.07. The summed E-state index contributed by atoms with van der Waals surface area (Å²) in [6.45, 7) is 6.05. The molecule has 0 radical (unpaired) electrons. The van der Waals surface area contributed by atoms with Crippen molar-refractivity contribution in [2.45, 2.75) is 38.6 Å². The van der Waals surface area contributed by atoms with Crippen molar-refractivity contribution in [1.82, 2.24) is 15.5 Å². The van der Waals surface area contributed by atoms with Gasteiger partial charge in [-0.25, -0.2) is 0 Å². The number of carbonyl (C=O) groups is 1. The molecule has 0 aromatic rings. The number of hydrogen-bond acceptors (Lipinski definition) is 3. The van der Waals surface area contributed by atoms with E-state index in [4.69, 9.17) is 0 Å². The minimum atomic E-state index is 0.0281. The van der Waals surface area contributed by atoms with E-state index >= 15 is 0 Å². The first kappa shape index (κ1) is 13.5. The summed E-state index contributed by atoms with van der Waals surface area (Å²) in [5.74, 6) is 0.141. The second-order valence-corrected chi connectivity index (χ2v) is 4.43. The SMILES string of the molecule is CCCCCCN1CCNCC1C(=O)NC. The molecule has 0 aliphatic carbocycles. The highest BCUT2D eigenvalue weighted by atomic mass is 16.2. The Morgan fingerprint density at radius 1 is 1.44 bits per heavy atom. The average molecular weight is 227 g/mol. The van der Waals surface area contributed by atoms with Gasteiger partial charge in [-0.2, -0.15) is 0 Å². The molecule has 1 amide bonds. The predicted molar refractivity (Wildman–Crippen MR) is 66.4 cm³/mol. The third kappa shape index (κ3) is 4.10. The lowest BCUT2D eigenvalue weighted by Gasteiger charge is -2.34. The maximum atomic E-state index is 11.7. The van der Waals surface area contributed by atoms with Crippen molar-refractivity contribution in [3.05, 3.63) is 0 Å². The highest BCUT2D eigenvalue weighted by molar-refractivity contribution is 5.81. The first-order valence-electron chi connectivity index (χ1n) is 6.46. The van der Waals surface area contributed by atoms with Crippen LogP contribution < -0.4 is 10.6 Å². The smallest absolute Gasteiger partial charge is 0.238 e. The maximum Gasteiger partial charge on any atom is 0.238 e. The van der Waals surface area contributed by atoms with Crippen molar-refractivity contribution in [1.29, 1.82) is 0 Å². The summed E-state index contributed by atoms with van der Waals surface area (Å²) in [6, 6.07) is 0.0281. The molecule has 4 heteroatoms. The zero-order valence-corrected chi connectivity index (χ0v) is 10.6. The number of nitrogens with one attached hydrogen (secondary N) is 2. The van der Waals surface area contributed by atoms with Gasteiger partial charge in [-0.05, 0) is 13.0 Å². The van der Waals surface area contributed by atoms with Gasteiger partial charge in [0.2, 0.25) is 5.91 Å². The fraction of sp³-hybridized carbons (Fsp3) is 0.917. The molecule has 1 fully saturated rings. The molecule has 0 spiro atoms. The fourth-order valence-corrected chi connectivity index (χ4v) is 2.18. The summed E-state index contributed by atoms with van der Waals surface area (Å²) >= 11 is 0. The van der Waals surface area contributed by atoms with Gasteiger partial charge in [-0.1, -0.05) is 26.2 Å². The van der Waals surface area contributed by atoms with Crippen LogP contribution in [0.15, 0.2) is 0 Å². The van der Waals surface area contributed by atoms with E-state index < -0.39 is 0 Å². The monoisotopic (exact) mass is 227 g/mol. The Morgan fingerprint density at radius 3 is 2.94 bits per heavy atom. The minimum absolute atomic E-state index is 0.0281. The van der Waals surface area contributed by atoms with E-state index in [0.29, 0.717) is 0 Å². The Morgan fingerprint density at radius 2 is 2.25 bits per heavy atom. The second-order valence-electron chi connectivity index (χ2n) is 4.43. The molecule has 0 bridgehead atoms. The Bertz CT molecular complexity index is 208. The van der Waals surface area contributed by atoms with Gasteiger partial charge in [0.25, 0.3) is 0 Å². The van der Waals surface area contributed by atoms with Crippen molar-refractivity contribution in [3.8, 4) is 0 Å². The second kappa shape index (κ2) is 7.63. The van der Waals surface area contributed by atoms with Gasteiger partial charge in [-0.15, -0.1) is 0 Å². The molecular weight excluding hydrogens is 202 g/mol. The van der Waals surface area contributed by atoms with Crippen molar-refractivity contribution in [2.75, 3.05) is 33.2 Å². The van der Waals surface area contributed by atoms with Crippen LogP contribution in [0.4, 0.5) is 0 Å². The predicted octanol–water partition coefficient (Wildman–Crippen LogP) is 0.587. The Balaban J connectivity index is 2.32. The van der Waals surface area contributed by atoms with Crippen LogP contribution in [0.25, 0.3) is 0 Å².